The Hall–Kier alpha value is -0.500. The van der Waals surface area contributed by atoms with Crippen LogP contribution >= 0.6 is 11.3 Å². The lowest BCUT2D eigenvalue weighted by Crippen LogP contribution is -2.27. The number of ether oxygens (including phenoxy) is 5. The first kappa shape index (κ1) is 14.9. The van der Waals surface area contributed by atoms with E-state index in [1.54, 1.807) is 18.4 Å². The Balaban J connectivity index is 1.60. The topological polar surface area (TPSA) is 49.5 Å². The normalized spacial score (nSPS) is 19.5. The van der Waals surface area contributed by atoms with Crippen LogP contribution in [0.25, 0.3) is 0 Å². The smallest absolute Gasteiger partial charge is 0.146 e. The molecule has 6 heteroatoms. The van der Waals surface area contributed by atoms with Crippen LogP contribution in [0.15, 0.2) is 17.5 Å². The maximum atomic E-state index is 5.63. The van der Waals surface area contributed by atoms with E-state index in [2.05, 4.69) is 6.07 Å². The first-order chi connectivity index (χ1) is 9.38. The van der Waals surface area contributed by atoms with Crippen LogP contribution in [0.4, 0.5) is 0 Å². The molecule has 0 bridgehead atoms. The lowest BCUT2D eigenvalue weighted by molar-refractivity contribution is -0.122. The van der Waals surface area contributed by atoms with Gasteiger partial charge >= 0.3 is 0 Å². The van der Waals surface area contributed by atoms with Gasteiger partial charge in [0, 0.05) is 12.0 Å². The monoisotopic (exact) mass is 288 g/mol. The molecule has 2 rings (SSSR count). The van der Waals surface area contributed by atoms with Crippen LogP contribution in [0, 0.1) is 0 Å². The Bertz CT molecular complexity index is 326. The molecular weight excluding hydrogens is 268 g/mol. The average Bonchev–Trinajstić information content (AvgIpc) is 3.09. The Morgan fingerprint density at radius 3 is 2.95 bits per heavy atom. The second kappa shape index (κ2) is 8.63. The standard InChI is InChI=1S/C13H20O5S/c1-14-10-18-11(5-15-7-12-8-17-12)6-16-9-13-3-2-4-19-13/h2-4,11-12H,5-10H2,1H3. The van der Waals surface area contributed by atoms with Crippen molar-refractivity contribution in [2.45, 2.75) is 18.8 Å². The molecule has 1 fully saturated rings. The summed E-state index contributed by atoms with van der Waals surface area (Å²) in [5.41, 5.74) is 0. The quantitative estimate of drug-likeness (QED) is 0.458. The van der Waals surface area contributed by atoms with E-state index in [4.69, 9.17) is 23.7 Å². The Morgan fingerprint density at radius 1 is 1.42 bits per heavy atom. The van der Waals surface area contributed by atoms with Gasteiger partial charge in [-0.25, -0.2) is 0 Å². The van der Waals surface area contributed by atoms with Crippen molar-refractivity contribution in [3.63, 3.8) is 0 Å². The van der Waals surface area contributed by atoms with Gasteiger partial charge in [-0.1, -0.05) is 6.07 Å². The second-order valence-corrected chi connectivity index (χ2v) is 5.31. The van der Waals surface area contributed by atoms with Gasteiger partial charge in [0.15, 0.2) is 0 Å². The molecule has 0 aromatic carbocycles. The predicted molar refractivity (Wildman–Crippen MR) is 71.3 cm³/mol. The molecule has 0 aliphatic carbocycles. The number of rotatable bonds is 11. The number of thiophene rings is 1. The van der Waals surface area contributed by atoms with Crippen LogP contribution in [0.1, 0.15) is 4.88 Å². The zero-order valence-electron chi connectivity index (χ0n) is 11.1. The summed E-state index contributed by atoms with van der Waals surface area (Å²) >= 11 is 1.68. The van der Waals surface area contributed by atoms with E-state index in [0.29, 0.717) is 26.4 Å². The molecule has 0 spiro atoms. The molecule has 1 aromatic heterocycles. The van der Waals surface area contributed by atoms with Gasteiger partial charge in [0.2, 0.25) is 0 Å². The van der Waals surface area contributed by atoms with Crippen LogP contribution in [-0.2, 0) is 30.3 Å². The fourth-order valence-electron chi connectivity index (χ4n) is 1.49. The summed E-state index contributed by atoms with van der Waals surface area (Å²) in [5.74, 6) is 0. The minimum atomic E-state index is -0.112. The summed E-state index contributed by atoms with van der Waals surface area (Å²) in [5, 5.41) is 2.04. The third-order valence-electron chi connectivity index (χ3n) is 2.56. The van der Waals surface area contributed by atoms with E-state index >= 15 is 0 Å². The van der Waals surface area contributed by atoms with E-state index in [1.165, 1.54) is 4.88 Å². The third kappa shape index (κ3) is 6.47. The van der Waals surface area contributed by atoms with Gasteiger partial charge < -0.3 is 23.7 Å². The van der Waals surface area contributed by atoms with Crippen LogP contribution in [-0.4, -0.2) is 52.5 Å². The molecule has 0 N–H and O–H groups in total. The van der Waals surface area contributed by atoms with Crippen LogP contribution in [0.5, 0.6) is 0 Å². The zero-order chi connectivity index (χ0) is 13.3. The summed E-state index contributed by atoms with van der Waals surface area (Å²) in [6, 6.07) is 4.07. The number of hydrogen-bond donors (Lipinski definition) is 0. The van der Waals surface area contributed by atoms with Gasteiger partial charge in [0.25, 0.3) is 0 Å². The third-order valence-corrected chi connectivity index (χ3v) is 3.41. The SMILES string of the molecule is COCOC(COCc1cccs1)COCC1CO1. The van der Waals surface area contributed by atoms with E-state index in [0.717, 1.165) is 6.61 Å². The maximum Gasteiger partial charge on any atom is 0.146 e. The fraction of sp³-hybridized carbons (Fsp3) is 0.692. The van der Waals surface area contributed by atoms with Crippen molar-refractivity contribution in [2.24, 2.45) is 0 Å². The van der Waals surface area contributed by atoms with E-state index < -0.39 is 0 Å². The molecule has 0 radical (unpaired) electrons. The summed E-state index contributed by atoms with van der Waals surface area (Å²) in [6.07, 6.45) is 0.161. The van der Waals surface area contributed by atoms with E-state index in [1.807, 2.05) is 11.4 Å². The van der Waals surface area contributed by atoms with Crippen molar-refractivity contribution in [2.75, 3.05) is 40.3 Å². The van der Waals surface area contributed by atoms with Gasteiger partial charge in [-0.05, 0) is 11.4 Å². The highest BCUT2D eigenvalue weighted by atomic mass is 32.1. The summed E-state index contributed by atoms with van der Waals surface area (Å²) in [6.45, 7) is 3.27. The minimum Gasteiger partial charge on any atom is -0.376 e. The molecule has 1 aromatic rings. The van der Waals surface area contributed by atoms with E-state index in [-0.39, 0.29) is 19.0 Å². The fourth-order valence-corrected chi connectivity index (χ4v) is 2.13. The van der Waals surface area contributed by atoms with Gasteiger partial charge in [0.05, 0.1) is 33.0 Å². The van der Waals surface area contributed by atoms with Crippen LogP contribution in [0.3, 0.4) is 0 Å². The Labute approximate surface area is 117 Å². The molecule has 2 heterocycles. The number of hydrogen-bond acceptors (Lipinski definition) is 6. The first-order valence-corrected chi connectivity index (χ1v) is 7.16. The van der Waals surface area contributed by atoms with Crippen molar-refractivity contribution < 1.29 is 23.7 Å². The summed E-state index contributed by atoms with van der Waals surface area (Å²) in [7, 11) is 1.60. The molecule has 2 atom stereocenters. The molecule has 0 saturated carbocycles. The lowest BCUT2D eigenvalue weighted by Gasteiger charge is -2.17. The van der Waals surface area contributed by atoms with Gasteiger partial charge in [-0.3, -0.25) is 0 Å². The maximum absolute atomic E-state index is 5.63. The summed E-state index contributed by atoms with van der Waals surface area (Å²) in [4.78, 5) is 1.21. The average molecular weight is 288 g/mol. The number of methoxy groups -OCH3 is 1. The zero-order valence-corrected chi connectivity index (χ0v) is 11.9. The van der Waals surface area contributed by atoms with Crippen molar-refractivity contribution in [3.05, 3.63) is 22.4 Å². The van der Waals surface area contributed by atoms with Crippen molar-refractivity contribution in [1.82, 2.24) is 0 Å². The molecule has 0 amide bonds. The van der Waals surface area contributed by atoms with Crippen molar-refractivity contribution in [1.29, 1.82) is 0 Å². The van der Waals surface area contributed by atoms with Gasteiger partial charge in [0.1, 0.15) is 19.0 Å². The molecule has 19 heavy (non-hydrogen) atoms. The van der Waals surface area contributed by atoms with Crippen LogP contribution < -0.4 is 0 Å². The van der Waals surface area contributed by atoms with Crippen LogP contribution in [0.2, 0.25) is 0 Å². The lowest BCUT2D eigenvalue weighted by atomic mass is 10.4. The predicted octanol–water partition coefficient (Wildman–Crippen LogP) is 1.67. The molecule has 1 aliphatic rings. The Kier molecular flexibility index (Phi) is 6.77. The van der Waals surface area contributed by atoms with E-state index in [9.17, 15) is 0 Å². The molecule has 5 nitrogen and oxygen atoms in total. The Morgan fingerprint density at radius 2 is 2.26 bits per heavy atom. The second-order valence-electron chi connectivity index (χ2n) is 4.28. The number of epoxide rings is 1. The van der Waals surface area contributed by atoms with Gasteiger partial charge in [-0.15, -0.1) is 11.3 Å². The highest BCUT2D eigenvalue weighted by Gasteiger charge is 2.23. The van der Waals surface area contributed by atoms with Crippen molar-refractivity contribution in [3.8, 4) is 0 Å². The highest BCUT2D eigenvalue weighted by Crippen LogP contribution is 2.11. The van der Waals surface area contributed by atoms with Gasteiger partial charge in [-0.2, -0.15) is 0 Å². The molecular formula is C13H20O5S. The molecule has 108 valence electrons. The first-order valence-electron chi connectivity index (χ1n) is 6.28. The molecule has 2 unspecified atom stereocenters. The highest BCUT2D eigenvalue weighted by molar-refractivity contribution is 7.09. The largest absolute Gasteiger partial charge is 0.376 e. The molecule has 1 aliphatic heterocycles. The summed E-state index contributed by atoms with van der Waals surface area (Å²) < 4.78 is 26.6. The minimum absolute atomic E-state index is 0.112. The molecule has 1 saturated heterocycles. The van der Waals surface area contributed by atoms with Crippen molar-refractivity contribution >= 4 is 11.3 Å².